The Morgan fingerprint density at radius 1 is 0.667 bits per heavy atom. The highest BCUT2D eigenvalue weighted by molar-refractivity contribution is 6.23. The minimum Gasteiger partial charge on any atom is -0.497 e. The molecule has 0 atom stereocenters. The van der Waals surface area contributed by atoms with Crippen LogP contribution in [-0.4, -0.2) is 7.11 Å². The summed E-state index contributed by atoms with van der Waals surface area (Å²) in [6.07, 6.45) is 0. The molecule has 0 aliphatic rings. The van der Waals surface area contributed by atoms with Gasteiger partial charge in [-0.25, -0.2) is 0 Å². The third-order valence-electron chi connectivity index (χ3n) is 6.33. The Bertz CT molecular complexity index is 1600. The van der Waals surface area contributed by atoms with Gasteiger partial charge in [0.15, 0.2) is 0 Å². The van der Waals surface area contributed by atoms with E-state index >= 15 is 0 Å². The number of nitrogens with zero attached hydrogens (tertiary/aromatic N) is 2. The van der Waals surface area contributed by atoms with Gasteiger partial charge in [0.05, 0.1) is 19.3 Å². The summed E-state index contributed by atoms with van der Waals surface area (Å²) in [5.74, 6) is 0.805. The fourth-order valence-electron chi connectivity index (χ4n) is 4.70. The summed E-state index contributed by atoms with van der Waals surface area (Å²) in [5.41, 5.74) is 4.11. The molecule has 0 aromatic heterocycles. The Balaban J connectivity index is 1.40. The Kier molecular flexibility index (Phi) is 4.73. The maximum Gasteiger partial charge on any atom is 0.119 e. The molecule has 0 aliphatic heterocycles. The van der Waals surface area contributed by atoms with Gasteiger partial charge in [-0.3, -0.25) is 0 Å². The molecule has 0 N–H and O–H groups in total. The largest absolute Gasteiger partial charge is 0.497 e. The van der Waals surface area contributed by atoms with Crippen molar-refractivity contribution in [2.24, 2.45) is 10.2 Å². The summed E-state index contributed by atoms with van der Waals surface area (Å²) in [6.45, 7) is 0.522. The lowest BCUT2D eigenvalue weighted by molar-refractivity contribution is 0.415. The van der Waals surface area contributed by atoms with Crippen LogP contribution in [0.5, 0.6) is 5.75 Å². The zero-order valence-corrected chi connectivity index (χ0v) is 18.3. The molecule has 33 heavy (non-hydrogen) atoms. The van der Waals surface area contributed by atoms with E-state index in [0.717, 1.165) is 22.6 Å². The van der Waals surface area contributed by atoms with Gasteiger partial charge in [0, 0.05) is 5.56 Å². The first-order chi connectivity index (χ1) is 16.3. The molecule has 6 aromatic carbocycles. The second-order valence-corrected chi connectivity index (χ2v) is 8.23. The number of rotatable bonds is 5. The Morgan fingerprint density at radius 3 is 2.18 bits per heavy atom. The van der Waals surface area contributed by atoms with Crippen LogP contribution in [0.4, 0.5) is 5.69 Å². The maximum absolute atomic E-state index is 5.44. The van der Waals surface area contributed by atoms with Crippen LogP contribution in [0.1, 0.15) is 5.56 Å². The van der Waals surface area contributed by atoms with Crippen molar-refractivity contribution in [2.45, 2.75) is 6.54 Å². The second kappa shape index (κ2) is 8.03. The first kappa shape index (κ1) is 19.4. The molecule has 0 amide bonds. The topological polar surface area (TPSA) is 34.0 Å². The Morgan fingerprint density at radius 2 is 1.39 bits per heavy atom. The van der Waals surface area contributed by atoms with Crippen molar-refractivity contribution in [3.8, 4) is 16.9 Å². The van der Waals surface area contributed by atoms with E-state index < -0.39 is 0 Å². The molecular formula is C30H22N2O. The van der Waals surface area contributed by atoms with Gasteiger partial charge in [-0.2, -0.15) is 10.2 Å². The van der Waals surface area contributed by atoms with Crippen molar-refractivity contribution >= 4 is 38.0 Å². The van der Waals surface area contributed by atoms with E-state index in [9.17, 15) is 0 Å². The summed E-state index contributed by atoms with van der Waals surface area (Å²) in [5, 5.41) is 16.9. The lowest BCUT2D eigenvalue weighted by Gasteiger charge is -2.13. The summed E-state index contributed by atoms with van der Waals surface area (Å²) in [6, 6.07) is 35.8. The van der Waals surface area contributed by atoms with Gasteiger partial charge < -0.3 is 4.74 Å². The molecule has 3 heteroatoms. The van der Waals surface area contributed by atoms with Gasteiger partial charge >= 0.3 is 0 Å². The third kappa shape index (κ3) is 3.39. The van der Waals surface area contributed by atoms with Gasteiger partial charge in [-0.1, -0.05) is 84.9 Å². The molecule has 0 fully saturated rings. The molecule has 3 nitrogen and oxygen atoms in total. The van der Waals surface area contributed by atoms with E-state index in [4.69, 9.17) is 4.74 Å². The minimum absolute atomic E-state index is 0.522. The highest BCUT2D eigenvalue weighted by Gasteiger charge is 2.11. The summed E-state index contributed by atoms with van der Waals surface area (Å²) >= 11 is 0. The van der Waals surface area contributed by atoms with Crippen LogP contribution in [-0.2, 0) is 6.54 Å². The average molecular weight is 427 g/mol. The fraction of sp³-hybridized carbons (Fsp3) is 0.0667. The molecule has 0 aliphatic carbocycles. The van der Waals surface area contributed by atoms with Gasteiger partial charge in [-0.15, -0.1) is 0 Å². The molecule has 0 saturated heterocycles. The van der Waals surface area contributed by atoms with Crippen LogP contribution in [0.2, 0.25) is 0 Å². The highest BCUT2D eigenvalue weighted by Crippen LogP contribution is 2.37. The first-order valence-electron chi connectivity index (χ1n) is 11.1. The molecule has 0 unspecified atom stereocenters. The highest BCUT2D eigenvalue weighted by atomic mass is 16.5. The molecule has 0 radical (unpaired) electrons. The zero-order valence-electron chi connectivity index (χ0n) is 18.3. The Labute approximate surface area is 192 Å². The Hall–Kier alpha value is -4.24. The monoisotopic (exact) mass is 426 g/mol. The van der Waals surface area contributed by atoms with Crippen molar-refractivity contribution in [3.05, 3.63) is 109 Å². The van der Waals surface area contributed by atoms with E-state index in [1.807, 2.05) is 36.4 Å². The molecule has 0 spiro atoms. The van der Waals surface area contributed by atoms with Crippen LogP contribution in [0.25, 0.3) is 43.4 Å². The van der Waals surface area contributed by atoms with Crippen molar-refractivity contribution in [1.82, 2.24) is 0 Å². The molecule has 6 aromatic rings. The molecule has 0 bridgehead atoms. The quantitative estimate of drug-likeness (QED) is 0.201. The van der Waals surface area contributed by atoms with E-state index in [-0.39, 0.29) is 0 Å². The molecule has 0 saturated carbocycles. The second-order valence-electron chi connectivity index (χ2n) is 8.23. The minimum atomic E-state index is 0.522. The first-order valence-corrected chi connectivity index (χ1v) is 11.1. The smallest absolute Gasteiger partial charge is 0.119 e. The predicted octanol–water partition coefficient (Wildman–Crippen LogP) is 8.54. The third-order valence-corrected chi connectivity index (χ3v) is 6.33. The summed E-state index contributed by atoms with van der Waals surface area (Å²) in [7, 11) is 1.68. The summed E-state index contributed by atoms with van der Waals surface area (Å²) < 4.78 is 5.44. The zero-order chi connectivity index (χ0) is 22.2. The van der Waals surface area contributed by atoms with Crippen LogP contribution in [0.15, 0.2) is 113 Å². The van der Waals surface area contributed by atoms with Crippen LogP contribution in [0, 0.1) is 0 Å². The van der Waals surface area contributed by atoms with Gasteiger partial charge in [0.2, 0.25) is 0 Å². The number of benzene rings is 6. The van der Waals surface area contributed by atoms with E-state index in [1.165, 1.54) is 37.9 Å². The maximum atomic E-state index is 5.44. The number of hydrogen-bond donors (Lipinski definition) is 0. The number of hydrogen-bond acceptors (Lipinski definition) is 3. The standard InChI is InChI=1S/C30H22N2O/c1-33-25-15-17-28(27(18-25)20-6-3-2-4-7-20)32-31-19-24-13-12-23-11-10-21-8-5-9-22-14-16-26(24)30(23)29(21)22/h2-18H,19H2,1H3. The van der Waals surface area contributed by atoms with Gasteiger partial charge in [0.1, 0.15) is 5.75 Å². The van der Waals surface area contributed by atoms with Crippen molar-refractivity contribution in [3.63, 3.8) is 0 Å². The van der Waals surface area contributed by atoms with Crippen molar-refractivity contribution in [2.75, 3.05) is 7.11 Å². The van der Waals surface area contributed by atoms with Crippen LogP contribution in [0.3, 0.4) is 0 Å². The molecule has 6 rings (SSSR count). The van der Waals surface area contributed by atoms with Gasteiger partial charge in [-0.05, 0) is 61.6 Å². The lowest BCUT2D eigenvalue weighted by atomic mass is 9.92. The molecular weight excluding hydrogens is 404 g/mol. The SMILES string of the molecule is COc1ccc(N=NCc2ccc3ccc4cccc5ccc2c3c45)c(-c2ccccc2)c1. The van der Waals surface area contributed by atoms with Crippen LogP contribution >= 0.6 is 0 Å². The van der Waals surface area contributed by atoms with Crippen molar-refractivity contribution in [1.29, 1.82) is 0 Å². The average Bonchev–Trinajstić information content (AvgIpc) is 2.88. The number of azo groups is 1. The van der Waals surface area contributed by atoms with E-state index in [1.54, 1.807) is 7.11 Å². The van der Waals surface area contributed by atoms with E-state index in [2.05, 4.69) is 77.0 Å². The lowest BCUT2D eigenvalue weighted by Crippen LogP contribution is -1.89. The van der Waals surface area contributed by atoms with Crippen molar-refractivity contribution < 1.29 is 4.74 Å². The fourth-order valence-corrected chi connectivity index (χ4v) is 4.70. The number of ether oxygens (including phenoxy) is 1. The molecule has 0 heterocycles. The predicted molar refractivity (Wildman–Crippen MR) is 137 cm³/mol. The van der Waals surface area contributed by atoms with E-state index in [0.29, 0.717) is 6.54 Å². The number of methoxy groups -OCH3 is 1. The molecule has 158 valence electrons. The van der Waals surface area contributed by atoms with Gasteiger partial charge in [0.25, 0.3) is 0 Å². The normalized spacial score (nSPS) is 11.8. The van der Waals surface area contributed by atoms with Crippen LogP contribution < -0.4 is 4.74 Å². The summed E-state index contributed by atoms with van der Waals surface area (Å²) in [4.78, 5) is 0.